The third kappa shape index (κ3) is 5.42. The summed E-state index contributed by atoms with van der Waals surface area (Å²) in [7, 11) is 1.43. The minimum absolute atomic E-state index is 0.0134. The van der Waals surface area contributed by atoms with Crippen LogP contribution >= 0.6 is 0 Å². The SMILES string of the molecule is COc1ccc([C@@H](CNC2CCOCC2)C(=O)N2CCN(c3ncnc4c3[C@H](C)C[C@H]4O)CC2)cc1F. The number of ether oxygens (including phenoxy) is 2. The van der Waals surface area contributed by atoms with Crippen molar-refractivity contribution in [2.45, 2.75) is 50.2 Å². The Morgan fingerprint density at radius 2 is 2.00 bits per heavy atom. The molecule has 2 N–H and O–H groups in total. The van der Waals surface area contributed by atoms with Crippen LogP contribution in [0.1, 0.15) is 60.9 Å². The number of fused-ring (bicyclic) bond motifs is 1. The maximum Gasteiger partial charge on any atom is 0.231 e. The minimum Gasteiger partial charge on any atom is -0.494 e. The average Bonchev–Trinajstić information content (AvgIpc) is 3.22. The number of methoxy groups -OCH3 is 1. The molecule has 3 heterocycles. The van der Waals surface area contributed by atoms with Gasteiger partial charge in [0.25, 0.3) is 0 Å². The van der Waals surface area contributed by atoms with Gasteiger partial charge in [0.15, 0.2) is 11.6 Å². The van der Waals surface area contributed by atoms with Crippen LogP contribution in [-0.4, -0.2) is 85.0 Å². The lowest BCUT2D eigenvalue weighted by atomic mass is 9.95. The number of anilines is 1. The molecule has 0 spiro atoms. The molecule has 2 aromatic rings. The topological polar surface area (TPSA) is 100 Å². The second-order valence-corrected chi connectivity index (χ2v) is 10.2. The summed E-state index contributed by atoms with van der Waals surface area (Å²) in [5.74, 6) is 0.219. The quantitative estimate of drug-likeness (QED) is 0.582. The zero-order chi connectivity index (χ0) is 25.9. The summed E-state index contributed by atoms with van der Waals surface area (Å²) in [6.45, 7) is 6.29. The molecule has 0 unspecified atom stereocenters. The zero-order valence-corrected chi connectivity index (χ0v) is 21.5. The van der Waals surface area contributed by atoms with E-state index in [0.29, 0.717) is 57.9 Å². The van der Waals surface area contributed by atoms with E-state index in [2.05, 4.69) is 27.1 Å². The van der Waals surface area contributed by atoms with Crippen molar-refractivity contribution >= 4 is 11.7 Å². The van der Waals surface area contributed by atoms with E-state index < -0.39 is 17.8 Å². The number of hydrogen-bond acceptors (Lipinski definition) is 8. The van der Waals surface area contributed by atoms with Crippen molar-refractivity contribution in [3.05, 3.63) is 47.2 Å². The second-order valence-electron chi connectivity index (χ2n) is 10.2. The number of aromatic nitrogens is 2. The van der Waals surface area contributed by atoms with Crippen LogP contribution in [0.5, 0.6) is 5.75 Å². The molecule has 3 atom stereocenters. The van der Waals surface area contributed by atoms with Gasteiger partial charge in [-0.25, -0.2) is 14.4 Å². The highest BCUT2D eigenvalue weighted by Crippen LogP contribution is 2.42. The van der Waals surface area contributed by atoms with Gasteiger partial charge < -0.3 is 29.7 Å². The Morgan fingerprint density at radius 1 is 1.24 bits per heavy atom. The van der Waals surface area contributed by atoms with Crippen LogP contribution in [-0.2, 0) is 9.53 Å². The van der Waals surface area contributed by atoms with E-state index in [4.69, 9.17) is 9.47 Å². The van der Waals surface area contributed by atoms with Crippen molar-refractivity contribution in [1.29, 1.82) is 0 Å². The third-order valence-corrected chi connectivity index (χ3v) is 7.88. The smallest absolute Gasteiger partial charge is 0.231 e. The number of aliphatic hydroxyl groups excluding tert-OH is 1. The number of carbonyl (C=O) groups excluding carboxylic acids is 1. The van der Waals surface area contributed by atoms with Gasteiger partial charge >= 0.3 is 0 Å². The molecule has 9 nitrogen and oxygen atoms in total. The summed E-state index contributed by atoms with van der Waals surface area (Å²) < 4.78 is 25.1. The summed E-state index contributed by atoms with van der Waals surface area (Å²) in [4.78, 5) is 26.7. The van der Waals surface area contributed by atoms with Gasteiger partial charge in [0, 0.05) is 57.5 Å². The fraction of sp³-hybridized carbons (Fsp3) is 0.593. The van der Waals surface area contributed by atoms with Crippen molar-refractivity contribution in [2.24, 2.45) is 0 Å². The normalized spacial score (nSPS) is 23.1. The summed E-state index contributed by atoms with van der Waals surface area (Å²) in [5.41, 5.74) is 2.38. The van der Waals surface area contributed by atoms with Gasteiger partial charge in [-0.05, 0) is 42.9 Å². The summed E-state index contributed by atoms with van der Waals surface area (Å²) in [5, 5.41) is 13.9. The highest BCUT2D eigenvalue weighted by molar-refractivity contribution is 5.84. The summed E-state index contributed by atoms with van der Waals surface area (Å²) >= 11 is 0. The predicted octanol–water partition coefficient (Wildman–Crippen LogP) is 2.37. The van der Waals surface area contributed by atoms with Gasteiger partial charge in [0.1, 0.15) is 12.1 Å². The summed E-state index contributed by atoms with van der Waals surface area (Å²) in [6.07, 6.45) is 3.41. The van der Waals surface area contributed by atoms with Gasteiger partial charge in [-0.2, -0.15) is 0 Å². The highest BCUT2D eigenvalue weighted by atomic mass is 19.1. The van der Waals surface area contributed by atoms with Crippen molar-refractivity contribution in [2.75, 3.05) is 57.9 Å². The minimum atomic E-state index is -0.552. The molecule has 0 bridgehead atoms. The zero-order valence-electron chi connectivity index (χ0n) is 21.5. The van der Waals surface area contributed by atoms with Crippen molar-refractivity contribution < 1.29 is 23.8 Å². The van der Waals surface area contributed by atoms with Crippen molar-refractivity contribution in [3.63, 3.8) is 0 Å². The fourth-order valence-corrected chi connectivity index (χ4v) is 5.75. The molecule has 200 valence electrons. The lowest BCUT2D eigenvalue weighted by Gasteiger charge is -2.38. The number of benzene rings is 1. The number of hydrogen-bond donors (Lipinski definition) is 2. The third-order valence-electron chi connectivity index (χ3n) is 7.88. The van der Waals surface area contributed by atoms with E-state index in [1.54, 1.807) is 12.1 Å². The molecule has 37 heavy (non-hydrogen) atoms. The van der Waals surface area contributed by atoms with E-state index in [1.165, 1.54) is 19.5 Å². The Morgan fingerprint density at radius 3 is 2.70 bits per heavy atom. The molecule has 2 saturated heterocycles. The number of aliphatic hydroxyl groups is 1. The van der Waals surface area contributed by atoms with Crippen LogP contribution in [0.3, 0.4) is 0 Å². The standard InChI is InChI=1S/C27H36FN5O4/c1-17-13-22(34)25-24(17)26(31-16-30-25)32-7-9-33(10-8-32)27(35)20(15-29-19-5-11-37-12-6-19)18-3-4-23(36-2)21(28)14-18/h3-4,14,16-17,19-20,22,29,34H,5-13,15H2,1-2H3/t17-,20-,22-/m1/s1. The lowest BCUT2D eigenvalue weighted by Crippen LogP contribution is -2.52. The first kappa shape index (κ1) is 25.8. The largest absolute Gasteiger partial charge is 0.494 e. The Labute approximate surface area is 217 Å². The molecule has 1 amide bonds. The molecule has 0 saturated carbocycles. The van der Waals surface area contributed by atoms with E-state index in [1.807, 2.05) is 4.90 Å². The molecule has 2 fully saturated rings. The van der Waals surface area contributed by atoms with Gasteiger partial charge in [0.05, 0.1) is 24.8 Å². The molecule has 1 aromatic carbocycles. The van der Waals surface area contributed by atoms with Crippen LogP contribution in [0.2, 0.25) is 0 Å². The molecular formula is C27H36FN5O4. The molecular weight excluding hydrogens is 477 g/mol. The number of piperazine rings is 1. The van der Waals surface area contributed by atoms with E-state index in [9.17, 15) is 14.3 Å². The first-order valence-corrected chi connectivity index (χ1v) is 13.2. The number of nitrogens with one attached hydrogen (secondary N) is 1. The Bertz CT molecular complexity index is 1100. The van der Waals surface area contributed by atoms with Crippen LogP contribution in [0.4, 0.5) is 10.2 Å². The number of amides is 1. The first-order chi connectivity index (χ1) is 18.0. The molecule has 1 aromatic heterocycles. The van der Waals surface area contributed by atoms with Gasteiger partial charge in [-0.15, -0.1) is 0 Å². The Kier molecular flexibility index (Phi) is 7.87. The highest BCUT2D eigenvalue weighted by Gasteiger charge is 2.35. The van der Waals surface area contributed by atoms with Gasteiger partial charge in [-0.3, -0.25) is 4.79 Å². The molecule has 1 aliphatic carbocycles. The molecule has 5 rings (SSSR count). The Balaban J connectivity index is 1.30. The summed E-state index contributed by atoms with van der Waals surface area (Å²) in [6, 6.07) is 5.06. The maximum atomic E-state index is 14.6. The lowest BCUT2D eigenvalue weighted by molar-refractivity contribution is -0.133. The van der Waals surface area contributed by atoms with Crippen LogP contribution in [0.25, 0.3) is 0 Å². The van der Waals surface area contributed by atoms with Crippen molar-refractivity contribution in [1.82, 2.24) is 20.2 Å². The molecule has 3 aliphatic rings. The van der Waals surface area contributed by atoms with E-state index >= 15 is 0 Å². The van der Waals surface area contributed by atoms with Gasteiger partial charge in [0.2, 0.25) is 5.91 Å². The number of rotatable bonds is 7. The van der Waals surface area contributed by atoms with Crippen LogP contribution < -0.4 is 15.0 Å². The van der Waals surface area contributed by atoms with Crippen LogP contribution in [0.15, 0.2) is 24.5 Å². The monoisotopic (exact) mass is 513 g/mol. The second kappa shape index (κ2) is 11.3. The predicted molar refractivity (Wildman–Crippen MR) is 136 cm³/mol. The number of carbonyl (C=O) groups is 1. The molecule has 0 radical (unpaired) electrons. The van der Waals surface area contributed by atoms with Gasteiger partial charge in [-0.1, -0.05) is 13.0 Å². The first-order valence-electron chi connectivity index (χ1n) is 13.2. The van der Waals surface area contributed by atoms with E-state index in [0.717, 1.165) is 29.9 Å². The van der Waals surface area contributed by atoms with Crippen LogP contribution in [0, 0.1) is 5.82 Å². The van der Waals surface area contributed by atoms with Crippen molar-refractivity contribution in [3.8, 4) is 5.75 Å². The number of halogens is 1. The Hall–Kier alpha value is -2.82. The van der Waals surface area contributed by atoms with E-state index in [-0.39, 0.29) is 23.6 Å². The maximum absolute atomic E-state index is 14.6. The molecule has 10 heteroatoms. The fourth-order valence-electron chi connectivity index (χ4n) is 5.75. The number of nitrogens with zero attached hydrogens (tertiary/aromatic N) is 4. The average molecular weight is 514 g/mol. The molecule has 2 aliphatic heterocycles.